The van der Waals surface area contributed by atoms with Crippen LogP contribution in [-0.4, -0.2) is 28.6 Å². The number of amides is 1. The Hall–Kier alpha value is -1.57. The number of carbonyl (C=O) groups is 1. The molecule has 0 bridgehead atoms. The van der Waals surface area contributed by atoms with Gasteiger partial charge in [0.05, 0.1) is 11.3 Å². The molecule has 3 N–H and O–H groups in total. The molecule has 1 aromatic heterocycles. The number of nitrogens with zero attached hydrogens (tertiary/aromatic N) is 2. The molecule has 1 heterocycles. The number of hydrogen-bond acceptors (Lipinski definition) is 6. The Morgan fingerprint density at radius 3 is 2.74 bits per heavy atom. The molecule has 27 heavy (non-hydrogen) atoms. The third-order valence-electron chi connectivity index (χ3n) is 4.84. The van der Waals surface area contributed by atoms with Crippen LogP contribution in [0.1, 0.15) is 54.2 Å². The van der Waals surface area contributed by atoms with Gasteiger partial charge in [0.1, 0.15) is 0 Å². The molecule has 8 heteroatoms. The van der Waals surface area contributed by atoms with Crippen molar-refractivity contribution in [3.63, 3.8) is 0 Å². The van der Waals surface area contributed by atoms with Gasteiger partial charge in [0, 0.05) is 17.5 Å². The van der Waals surface area contributed by atoms with Crippen LogP contribution in [0.3, 0.4) is 0 Å². The monoisotopic (exact) mass is 410 g/mol. The van der Waals surface area contributed by atoms with Crippen molar-refractivity contribution in [2.24, 2.45) is 11.7 Å². The van der Waals surface area contributed by atoms with Crippen LogP contribution in [-0.2, 0) is 5.75 Å². The van der Waals surface area contributed by atoms with Gasteiger partial charge in [-0.3, -0.25) is 4.79 Å². The predicted molar refractivity (Wildman–Crippen MR) is 109 cm³/mol. The Balaban J connectivity index is 0.00000261. The summed E-state index contributed by atoms with van der Waals surface area (Å²) in [5, 5.41) is 6.96. The molecule has 3 rings (SSSR count). The lowest BCUT2D eigenvalue weighted by molar-refractivity contribution is 0.0912. The fraction of sp³-hybridized carbons (Fsp3) is 0.526. The summed E-state index contributed by atoms with van der Waals surface area (Å²) in [4.78, 5) is 18.0. The highest BCUT2D eigenvalue weighted by Gasteiger charge is 2.25. The lowest BCUT2D eigenvalue weighted by Crippen LogP contribution is -2.46. The van der Waals surface area contributed by atoms with Crippen molar-refractivity contribution >= 4 is 30.1 Å². The molecule has 6 nitrogen and oxygen atoms in total. The summed E-state index contributed by atoms with van der Waals surface area (Å²) in [6.07, 6.45) is 6.04. The number of thioether (sulfide) groups is 1. The molecule has 148 valence electrons. The minimum absolute atomic E-state index is 0. The first-order valence-electron chi connectivity index (χ1n) is 9.19. The maximum atomic E-state index is 12.9. The lowest BCUT2D eigenvalue weighted by atomic mass is 9.84. The normalized spacial score (nSPS) is 15.8. The highest BCUT2D eigenvalue weighted by molar-refractivity contribution is 7.98. The fourth-order valence-electron chi connectivity index (χ4n) is 3.47. The average molecular weight is 411 g/mol. The van der Waals surface area contributed by atoms with Gasteiger partial charge in [-0.15, -0.1) is 24.2 Å². The van der Waals surface area contributed by atoms with E-state index >= 15 is 0 Å². The van der Waals surface area contributed by atoms with Gasteiger partial charge in [0.2, 0.25) is 5.89 Å². The zero-order valence-electron chi connectivity index (χ0n) is 15.5. The molecular weight excluding hydrogens is 384 g/mol. The van der Waals surface area contributed by atoms with E-state index in [0.29, 0.717) is 35.5 Å². The van der Waals surface area contributed by atoms with Crippen molar-refractivity contribution in [2.45, 2.75) is 55.7 Å². The highest BCUT2D eigenvalue weighted by Crippen LogP contribution is 2.28. The van der Waals surface area contributed by atoms with Gasteiger partial charge < -0.3 is 15.6 Å². The number of aromatic nitrogens is 2. The minimum Gasteiger partial charge on any atom is -0.348 e. The van der Waals surface area contributed by atoms with E-state index in [4.69, 9.17) is 10.3 Å². The number of halogens is 1. The van der Waals surface area contributed by atoms with E-state index in [2.05, 4.69) is 15.5 Å². The van der Waals surface area contributed by atoms with E-state index in [0.717, 1.165) is 17.7 Å². The summed E-state index contributed by atoms with van der Waals surface area (Å²) in [5.41, 5.74) is 6.63. The molecular formula is C19H27ClN4O2S. The molecule has 1 aromatic carbocycles. The zero-order valence-corrected chi connectivity index (χ0v) is 17.2. The van der Waals surface area contributed by atoms with Crippen LogP contribution in [0.5, 0.6) is 0 Å². The molecule has 0 spiro atoms. The van der Waals surface area contributed by atoms with Crippen molar-refractivity contribution in [3.05, 3.63) is 41.5 Å². The van der Waals surface area contributed by atoms with Crippen molar-refractivity contribution in [2.75, 3.05) is 6.54 Å². The van der Waals surface area contributed by atoms with E-state index in [-0.39, 0.29) is 24.4 Å². The smallest absolute Gasteiger partial charge is 0.252 e. The Kier molecular flexibility index (Phi) is 8.60. The maximum Gasteiger partial charge on any atom is 0.252 e. The first kappa shape index (κ1) is 21.7. The minimum atomic E-state index is -0.0594. The number of nitrogens with two attached hydrogens (primary N) is 1. The third-order valence-corrected chi connectivity index (χ3v) is 5.90. The van der Waals surface area contributed by atoms with E-state index < -0.39 is 0 Å². The molecule has 0 saturated heterocycles. The molecule has 1 atom stereocenters. The SMILES string of the molecule is Cc1noc(CSc2ccccc2C(=O)NC(CN)C2CCCCC2)n1.Cl. The van der Waals surface area contributed by atoms with Crippen molar-refractivity contribution < 1.29 is 9.32 Å². The van der Waals surface area contributed by atoms with E-state index in [1.165, 1.54) is 31.0 Å². The number of nitrogens with one attached hydrogen (secondary N) is 1. The Morgan fingerprint density at radius 1 is 1.33 bits per heavy atom. The molecule has 1 unspecified atom stereocenters. The molecule has 1 aliphatic rings. The molecule has 1 fully saturated rings. The number of aryl methyl sites for hydroxylation is 1. The molecule has 1 amide bonds. The van der Waals surface area contributed by atoms with Gasteiger partial charge in [0.15, 0.2) is 5.82 Å². The van der Waals surface area contributed by atoms with Gasteiger partial charge in [-0.1, -0.05) is 36.6 Å². The quantitative estimate of drug-likeness (QED) is 0.675. The van der Waals surface area contributed by atoms with Gasteiger partial charge in [-0.05, 0) is 37.8 Å². The fourth-order valence-corrected chi connectivity index (χ4v) is 4.36. The van der Waals surface area contributed by atoms with E-state index in [9.17, 15) is 4.79 Å². The van der Waals surface area contributed by atoms with E-state index in [1.807, 2.05) is 24.3 Å². The standard InChI is InChI=1S/C19H26N4O2S.ClH/c1-13-21-18(25-23-13)12-26-17-10-6-5-9-15(17)19(24)22-16(11-20)14-7-3-2-4-8-14;/h5-6,9-10,14,16H,2-4,7-8,11-12,20H2,1H3,(H,22,24);1H. The Morgan fingerprint density at radius 2 is 2.07 bits per heavy atom. The number of hydrogen-bond donors (Lipinski definition) is 2. The summed E-state index contributed by atoms with van der Waals surface area (Å²) >= 11 is 1.52. The van der Waals surface area contributed by atoms with Gasteiger partial charge in [-0.2, -0.15) is 4.98 Å². The van der Waals surface area contributed by atoms with Crippen LogP contribution in [0.15, 0.2) is 33.7 Å². The first-order chi connectivity index (χ1) is 12.7. The first-order valence-corrected chi connectivity index (χ1v) is 10.2. The van der Waals surface area contributed by atoms with Gasteiger partial charge in [-0.25, -0.2) is 0 Å². The van der Waals surface area contributed by atoms with Crippen LogP contribution >= 0.6 is 24.2 Å². The second-order valence-corrected chi connectivity index (χ2v) is 7.75. The number of carbonyl (C=O) groups excluding carboxylic acids is 1. The van der Waals surface area contributed by atoms with Crippen LogP contribution < -0.4 is 11.1 Å². The molecule has 2 aromatic rings. The molecule has 0 radical (unpaired) electrons. The topological polar surface area (TPSA) is 94.0 Å². The Bertz CT molecular complexity index is 734. The summed E-state index contributed by atoms with van der Waals surface area (Å²) in [5.74, 6) is 2.14. The zero-order chi connectivity index (χ0) is 18.4. The second-order valence-electron chi connectivity index (χ2n) is 6.73. The summed E-state index contributed by atoms with van der Waals surface area (Å²) in [6.45, 7) is 2.27. The number of rotatable bonds is 7. The lowest BCUT2D eigenvalue weighted by Gasteiger charge is -2.30. The average Bonchev–Trinajstić information content (AvgIpc) is 3.10. The van der Waals surface area contributed by atoms with Crippen molar-refractivity contribution in [1.82, 2.24) is 15.5 Å². The molecule has 1 saturated carbocycles. The number of benzene rings is 1. The summed E-state index contributed by atoms with van der Waals surface area (Å²) < 4.78 is 5.15. The van der Waals surface area contributed by atoms with Crippen LogP contribution in [0.25, 0.3) is 0 Å². The predicted octanol–water partition coefficient (Wildman–Crippen LogP) is 3.73. The maximum absolute atomic E-state index is 12.9. The van der Waals surface area contributed by atoms with Gasteiger partial charge in [0.25, 0.3) is 5.91 Å². The van der Waals surface area contributed by atoms with Crippen LogP contribution in [0, 0.1) is 12.8 Å². The Labute approximate surface area is 170 Å². The van der Waals surface area contributed by atoms with E-state index in [1.54, 1.807) is 6.92 Å². The van der Waals surface area contributed by atoms with Crippen LogP contribution in [0.2, 0.25) is 0 Å². The highest BCUT2D eigenvalue weighted by atomic mass is 35.5. The van der Waals surface area contributed by atoms with Crippen LogP contribution in [0.4, 0.5) is 0 Å². The molecule has 0 aliphatic heterocycles. The summed E-state index contributed by atoms with van der Waals surface area (Å²) in [6, 6.07) is 7.65. The second kappa shape index (κ2) is 10.7. The van der Waals surface area contributed by atoms with Crippen molar-refractivity contribution in [1.29, 1.82) is 0 Å². The van der Waals surface area contributed by atoms with Gasteiger partial charge >= 0.3 is 0 Å². The largest absolute Gasteiger partial charge is 0.348 e. The van der Waals surface area contributed by atoms with Crippen molar-refractivity contribution in [3.8, 4) is 0 Å². The molecule has 1 aliphatic carbocycles. The third kappa shape index (κ3) is 5.96. The summed E-state index contributed by atoms with van der Waals surface area (Å²) in [7, 11) is 0.